The van der Waals surface area contributed by atoms with Crippen LogP contribution in [0.4, 0.5) is 0 Å². The largest absolute Gasteiger partial charge is 0.508 e. The van der Waals surface area contributed by atoms with Crippen molar-refractivity contribution >= 4 is 16.8 Å². The topological polar surface area (TPSA) is 94.2 Å². The first kappa shape index (κ1) is 18.3. The van der Waals surface area contributed by atoms with E-state index in [9.17, 15) is 9.90 Å². The van der Waals surface area contributed by atoms with Gasteiger partial charge in [0.05, 0.1) is 13.2 Å². The minimum absolute atomic E-state index is 0.0971. The third-order valence-corrected chi connectivity index (χ3v) is 5.83. The number of methoxy groups -OCH3 is 1. The maximum atomic E-state index is 13.2. The Kier molecular flexibility index (Phi) is 4.24. The van der Waals surface area contributed by atoms with E-state index in [1.807, 2.05) is 42.3 Å². The monoisotopic (exact) mass is 402 g/mol. The van der Waals surface area contributed by atoms with Crippen LogP contribution in [0.2, 0.25) is 0 Å². The van der Waals surface area contributed by atoms with Gasteiger partial charge in [0.2, 0.25) is 0 Å². The quantitative estimate of drug-likeness (QED) is 0.474. The number of nitrogens with zero attached hydrogens (tertiary/aromatic N) is 2. The van der Waals surface area contributed by atoms with Crippen LogP contribution in [0.15, 0.2) is 48.7 Å². The molecule has 7 heteroatoms. The average molecular weight is 402 g/mol. The number of hydrogen-bond donors (Lipinski definition) is 3. The van der Waals surface area contributed by atoms with Crippen LogP contribution in [0.5, 0.6) is 11.5 Å². The lowest BCUT2D eigenvalue weighted by atomic mass is 9.98. The highest BCUT2D eigenvalue weighted by atomic mass is 16.5. The zero-order valence-corrected chi connectivity index (χ0v) is 16.8. The van der Waals surface area contributed by atoms with Crippen molar-refractivity contribution in [1.82, 2.24) is 20.1 Å². The summed E-state index contributed by atoms with van der Waals surface area (Å²) < 4.78 is 5.36. The minimum Gasteiger partial charge on any atom is -0.508 e. The maximum Gasteiger partial charge on any atom is 0.275 e. The normalized spacial score (nSPS) is 15.7. The summed E-state index contributed by atoms with van der Waals surface area (Å²) in [5, 5.41) is 18.3. The van der Waals surface area contributed by atoms with Crippen LogP contribution >= 0.6 is 0 Å². The van der Waals surface area contributed by atoms with Crippen molar-refractivity contribution in [3.05, 3.63) is 76.7 Å². The van der Waals surface area contributed by atoms with Crippen LogP contribution in [0, 0.1) is 6.92 Å². The average Bonchev–Trinajstić information content (AvgIpc) is 3.41. The van der Waals surface area contributed by atoms with Crippen LogP contribution in [0.25, 0.3) is 10.9 Å². The molecule has 2 aromatic carbocycles. The zero-order chi connectivity index (χ0) is 20.8. The van der Waals surface area contributed by atoms with Crippen LogP contribution in [-0.2, 0) is 6.42 Å². The molecule has 30 heavy (non-hydrogen) atoms. The third kappa shape index (κ3) is 2.82. The molecule has 1 atom stereocenters. The molecule has 0 radical (unpaired) electrons. The van der Waals surface area contributed by atoms with E-state index in [0.29, 0.717) is 18.7 Å². The van der Waals surface area contributed by atoms with Crippen molar-refractivity contribution < 1.29 is 14.6 Å². The molecule has 1 aliphatic heterocycles. The number of carbonyl (C=O) groups excluding carboxylic acids is 1. The van der Waals surface area contributed by atoms with Gasteiger partial charge in [-0.25, -0.2) is 0 Å². The Hall–Kier alpha value is -3.74. The van der Waals surface area contributed by atoms with Gasteiger partial charge in [-0.05, 0) is 54.8 Å². The van der Waals surface area contributed by atoms with Crippen LogP contribution in [-0.4, -0.2) is 44.7 Å². The molecule has 1 amide bonds. The molecule has 0 saturated carbocycles. The fraction of sp³-hybridized carbons (Fsp3) is 0.217. The number of hydrogen-bond acceptors (Lipinski definition) is 4. The van der Waals surface area contributed by atoms with E-state index < -0.39 is 0 Å². The number of carbonyl (C=O) groups is 1. The number of phenolic OH excluding ortho intramolecular Hbond substituents is 1. The van der Waals surface area contributed by atoms with Crippen molar-refractivity contribution in [2.24, 2.45) is 0 Å². The molecular formula is C23H22N4O3. The molecule has 7 nitrogen and oxygen atoms in total. The fourth-order valence-corrected chi connectivity index (χ4v) is 4.35. The fourth-order valence-electron chi connectivity index (χ4n) is 4.35. The summed E-state index contributed by atoms with van der Waals surface area (Å²) in [6.45, 7) is 2.45. The van der Waals surface area contributed by atoms with E-state index in [2.05, 4.69) is 15.2 Å². The van der Waals surface area contributed by atoms with E-state index in [1.54, 1.807) is 25.3 Å². The Bertz CT molecular complexity index is 1260. The number of nitrogens with one attached hydrogen (secondary N) is 2. The second kappa shape index (κ2) is 6.95. The predicted octanol–water partition coefficient (Wildman–Crippen LogP) is 3.70. The summed E-state index contributed by atoms with van der Waals surface area (Å²) in [6, 6.07) is 12.7. The first-order chi connectivity index (χ1) is 14.6. The van der Waals surface area contributed by atoms with Gasteiger partial charge in [0.15, 0.2) is 5.69 Å². The second-order valence-corrected chi connectivity index (χ2v) is 7.58. The smallest absolute Gasteiger partial charge is 0.275 e. The number of aromatic nitrogens is 3. The molecule has 0 aliphatic carbocycles. The number of aryl methyl sites for hydroxylation is 1. The van der Waals surface area contributed by atoms with Crippen molar-refractivity contribution in [2.45, 2.75) is 19.4 Å². The molecule has 1 aliphatic rings. The van der Waals surface area contributed by atoms with E-state index in [1.165, 1.54) is 0 Å². The number of fused-ring (bicyclic) bond motifs is 2. The van der Waals surface area contributed by atoms with Gasteiger partial charge in [0, 0.05) is 34.9 Å². The number of benzene rings is 2. The third-order valence-electron chi connectivity index (χ3n) is 5.83. The van der Waals surface area contributed by atoms with Crippen molar-refractivity contribution in [3.8, 4) is 11.5 Å². The van der Waals surface area contributed by atoms with Gasteiger partial charge in [0.25, 0.3) is 5.91 Å². The Morgan fingerprint density at radius 1 is 1.23 bits per heavy atom. The van der Waals surface area contributed by atoms with Crippen molar-refractivity contribution in [1.29, 1.82) is 0 Å². The lowest BCUT2D eigenvalue weighted by molar-refractivity contribution is 0.0745. The van der Waals surface area contributed by atoms with Gasteiger partial charge in [-0.3, -0.25) is 9.89 Å². The van der Waals surface area contributed by atoms with Gasteiger partial charge < -0.3 is 19.7 Å². The van der Waals surface area contributed by atoms with E-state index >= 15 is 0 Å². The SMILES string of the molecule is COc1ccc2[nH]cc(CCN3C(=O)c4n[nH]c(C)c4[C@H]3c3cccc(O)c3)c2c1. The Balaban J connectivity index is 1.49. The molecule has 0 unspecified atom stereocenters. The van der Waals surface area contributed by atoms with Crippen molar-refractivity contribution in [3.63, 3.8) is 0 Å². The number of ether oxygens (including phenoxy) is 1. The Labute approximate surface area is 173 Å². The number of aromatic amines is 2. The van der Waals surface area contributed by atoms with Gasteiger partial charge >= 0.3 is 0 Å². The molecule has 0 bridgehead atoms. The van der Waals surface area contributed by atoms with Crippen LogP contribution in [0.3, 0.4) is 0 Å². The molecular weight excluding hydrogens is 380 g/mol. The standard InChI is InChI=1S/C23H22N4O3/c1-13-20-21(26-25-13)23(29)27(22(20)14-4-3-5-16(28)10-14)9-8-15-12-24-19-7-6-17(30-2)11-18(15)19/h3-7,10-12,22,24,28H,8-9H2,1-2H3,(H,25,26)/t22-/m1/s1. The van der Waals surface area contributed by atoms with Gasteiger partial charge in [-0.2, -0.15) is 5.10 Å². The van der Waals surface area contributed by atoms with Crippen LogP contribution < -0.4 is 4.74 Å². The predicted molar refractivity (Wildman–Crippen MR) is 113 cm³/mol. The van der Waals surface area contributed by atoms with E-state index in [0.717, 1.165) is 39.0 Å². The molecule has 0 saturated heterocycles. The number of amides is 1. The molecule has 5 rings (SSSR count). The zero-order valence-electron chi connectivity index (χ0n) is 16.8. The number of H-pyrrole nitrogens is 2. The Morgan fingerprint density at radius 3 is 2.90 bits per heavy atom. The van der Waals surface area contributed by atoms with E-state index in [-0.39, 0.29) is 17.7 Å². The first-order valence-electron chi connectivity index (χ1n) is 9.85. The summed E-state index contributed by atoms with van der Waals surface area (Å²) >= 11 is 0. The number of rotatable bonds is 5. The summed E-state index contributed by atoms with van der Waals surface area (Å²) in [6.07, 6.45) is 2.67. The molecule has 3 N–H and O–H groups in total. The number of aromatic hydroxyl groups is 1. The van der Waals surface area contributed by atoms with E-state index in [4.69, 9.17) is 4.74 Å². The van der Waals surface area contributed by atoms with Gasteiger partial charge in [0.1, 0.15) is 11.5 Å². The molecule has 3 heterocycles. The molecule has 2 aromatic heterocycles. The van der Waals surface area contributed by atoms with Gasteiger partial charge in [-0.15, -0.1) is 0 Å². The lowest BCUT2D eigenvalue weighted by Crippen LogP contribution is -2.31. The summed E-state index contributed by atoms with van der Waals surface area (Å²) in [5.74, 6) is 0.882. The highest BCUT2D eigenvalue weighted by molar-refractivity contribution is 5.98. The van der Waals surface area contributed by atoms with Crippen LogP contribution in [0.1, 0.15) is 38.9 Å². The molecule has 4 aromatic rings. The van der Waals surface area contributed by atoms with Gasteiger partial charge in [-0.1, -0.05) is 12.1 Å². The molecule has 0 fully saturated rings. The highest BCUT2D eigenvalue weighted by Gasteiger charge is 2.41. The van der Waals surface area contributed by atoms with Crippen molar-refractivity contribution in [2.75, 3.05) is 13.7 Å². The summed E-state index contributed by atoms with van der Waals surface area (Å²) in [7, 11) is 1.65. The maximum absolute atomic E-state index is 13.2. The molecule has 152 valence electrons. The Morgan fingerprint density at radius 2 is 2.10 bits per heavy atom. The lowest BCUT2D eigenvalue weighted by Gasteiger charge is -2.26. The summed E-state index contributed by atoms with van der Waals surface area (Å²) in [5.41, 5.74) is 5.23. The first-order valence-corrected chi connectivity index (χ1v) is 9.85. The highest BCUT2D eigenvalue weighted by Crippen LogP contribution is 2.40. The molecule has 0 spiro atoms. The summed E-state index contributed by atoms with van der Waals surface area (Å²) in [4.78, 5) is 18.3. The second-order valence-electron chi connectivity index (χ2n) is 7.58. The number of phenols is 1. The minimum atomic E-state index is -0.280.